The lowest BCUT2D eigenvalue weighted by molar-refractivity contribution is -0.132. The molecule has 1 atom stereocenters. The molecule has 0 aromatic carbocycles. The Balaban J connectivity index is 1.57. The van der Waals surface area contributed by atoms with E-state index in [4.69, 9.17) is 4.42 Å². The van der Waals surface area contributed by atoms with Crippen LogP contribution in [0.3, 0.4) is 0 Å². The Morgan fingerprint density at radius 3 is 2.86 bits per heavy atom. The van der Waals surface area contributed by atoms with Gasteiger partial charge in [0.15, 0.2) is 0 Å². The van der Waals surface area contributed by atoms with Crippen molar-refractivity contribution >= 4 is 5.91 Å². The SMILES string of the molecule is CC(=O)N(Cc1ncc(C)o1)[C@H]1CCN(CC2CCC2)C1. The lowest BCUT2D eigenvalue weighted by atomic mass is 9.85. The first-order valence-corrected chi connectivity index (χ1v) is 8.02. The third kappa shape index (κ3) is 3.46. The molecular weight excluding hydrogens is 266 g/mol. The number of likely N-dealkylation sites (tertiary alicyclic amines) is 1. The average molecular weight is 291 g/mol. The summed E-state index contributed by atoms with van der Waals surface area (Å²) in [6, 6.07) is 0.301. The van der Waals surface area contributed by atoms with Crippen molar-refractivity contribution in [3.8, 4) is 0 Å². The van der Waals surface area contributed by atoms with Crippen LogP contribution in [0.4, 0.5) is 0 Å². The number of amides is 1. The van der Waals surface area contributed by atoms with E-state index in [9.17, 15) is 4.79 Å². The van der Waals surface area contributed by atoms with Crippen LogP contribution in [-0.4, -0.2) is 46.4 Å². The lowest BCUT2D eigenvalue weighted by Crippen LogP contribution is -2.41. The molecule has 1 aromatic heterocycles. The minimum Gasteiger partial charge on any atom is -0.444 e. The maximum Gasteiger partial charge on any atom is 0.220 e. The second-order valence-corrected chi connectivity index (χ2v) is 6.51. The van der Waals surface area contributed by atoms with E-state index < -0.39 is 0 Å². The van der Waals surface area contributed by atoms with Crippen molar-refractivity contribution in [3.05, 3.63) is 17.8 Å². The van der Waals surface area contributed by atoms with Gasteiger partial charge < -0.3 is 14.2 Å². The molecule has 0 bridgehead atoms. The Kier molecular flexibility index (Phi) is 4.29. The van der Waals surface area contributed by atoms with Gasteiger partial charge in [-0.15, -0.1) is 0 Å². The summed E-state index contributed by atoms with van der Waals surface area (Å²) >= 11 is 0. The highest BCUT2D eigenvalue weighted by Gasteiger charge is 2.32. The normalized spacial score (nSPS) is 23.2. The minimum atomic E-state index is 0.112. The molecule has 1 amide bonds. The maximum atomic E-state index is 12.0. The number of aryl methyl sites for hydroxylation is 1. The summed E-state index contributed by atoms with van der Waals surface area (Å²) in [5, 5.41) is 0. The van der Waals surface area contributed by atoms with Gasteiger partial charge in [-0.2, -0.15) is 0 Å². The number of carbonyl (C=O) groups excluding carboxylic acids is 1. The first kappa shape index (κ1) is 14.6. The molecule has 1 saturated heterocycles. The first-order chi connectivity index (χ1) is 10.1. The summed E-state index contributed by atoms with van der Waals surface area (Å²) in [5.41, 5.74) is 0. The number of hydrogen-bond donors (Lipinski definition) is 0. The summed E-state index contributed by atoms with van der Waals surface area (Å²) in [4.78, 5) is 20.6. The van der Waals surface area contributed by atoms with Crippen molar-refractivity contribution in [1.82, 2.24) is 14.8 Å². The van der Waals surface area contributed by atoms with E-state index in [1.165, 1.54) is 25.8 Å². The Morgan fingerprint density at radius 1 is 1.48 bits per heavy atom. The average Bonchev–Trinajstić information content (AvgIpc) is 3.00. The first-order valence-electron chi connectivity index (χ1n) is 8.02. The van der Waals surface area contributed by atoms with Gasteiger partial charge in [-0.25, -0.2) is 4.98 Å². The van der Waals surface area contributed by atoms with E-state index >= 15 is 0 Å². The molecule has 2 heterocycles. The van der Waals surface area contributed by atoms with E-state index in [0.29, 0.717) is 18.5 Å². The summed E-state index contributed by atoms with van der Waals surface area (Å²) in [6.45, 7) is 7.33. The van der Waals surface area contributed by atoms with Gasteiger partial charge in [-0.05, 0) is 32.1 Å². The Morgan fingerprint density at radius 2 is 2.29 bits per heavy atom. The summed E-state index contributed by atoms with van der Waals surface area (Å²) in [6.07, 6.45) is 6.93. The molecule has 1 aliphatic heterocycles. The zero-order valence-corrected chi connectivity index (χ0v) is 13.0. The Hall–Kier alpha value is -1.36. The van der Waals surface area contributed by atoms with E-state index in [-0.39, 0.29) is 5.91 Å². The second-order valence-electron chi connectivity index (χ2n) is 6.51. The highest BCUT2D eigenvalue weighted by Crippen LogP contribution is 2.29. The minimum absolute atomic E-state index is 0.112. The highest BCUT2D eigenvalue weighted by atomic mass is 16.4. The number of oxazole rings is 1. The molecule has 2 fully saturated rings. The predicted molar refractivity (Wildman–Crippen MR) is 79.7 cm³/mol. The molecule has 0 spiro atoms. The van der Waals surface area contributed by atoms with Gasteiger partial charge in [-0.3, -0.25) is 4.79 Å². The molecule has 5 nitrogen and oxygen atoms in total. The van der Waals surface area contributed by atoms with E-state index in [2.05, 4.69) is 9.88 Å². The van der Waals surface area contributed by atoms with Gasteiger partial charge in [-0.1, -0.05) is 6.42 Å². The lowest BCUT2D eigenvalue weighted by Gasteiger charge is -2.31. The summed E-state index contributed by atoms with van der Waals surface area (Å²) in [5.74, 6) is 2.44. The smallest absolute Gasteiger partial charge is 0.220 e. The van der Waals surface area contributed by atoms with Gasteiger partial charge in [0.25, 0.3) is 0 Å². The molecule has 0 N–H and O–H groups in total. The number of rotatable bonds is 5. The van der Waals surface area contributed by atoms with Gasteiger partial charge >= 0.3 is 0 Å². The molecule has 2 aliphatic rings. The van der Waals surface area contributed by atoms with Crippen LogP contribution in [0.1, 0.15) is 44.3 Å². The topological polar surface area (TPSA) is 49.6 Å². The molecule has 5 heteroatoms. The van der Waals surface area contributed by atoms with Gasteiger partial charge in [0.2, 0.25) is 11.8 Å². The quantitative estimate of drug-likeness (QED) is 0.834. The fourth-order valence-corrected chi connectivity index (χ4v) is 3.39. The maximum absolute atomic E-state index is 12.0. The Bertz CT molecular complexity index is 495. The number of carbonyl (C=O) groups is 1. The fourth-order valence-electron chi connectivity index (χ4n) is 3.39. The molecule has 1 saturated carbocycles. The zero-order valence-electron chi connectivity index (χ0n) is 13.0. The molecule has 1 aliphatic carbocycles. The van der Waals surface area contributed by atoms with Crippen LogP contribution in [0, 0.1) is 12.8 Å². The predicted octanol–water partition coefficient (Wildman–Crippen LogP) is 2.21. The number of aromatic nitrogens is 1. The van der Waals surface area contributed by atoms with Crippen molar-refractivity contribution in [3.63, 3.8) is 0 Å². The molecule has 3 rings (SSSR count). The van der Waals surface area contributed by atoms with E-state index in [1.807, 2.05) is 11.8 Å². The zero-order chi connectivity index (χ0) is 14.8. The van der Waals surface area contributed by atoms with Crippen LogP contribution in [0.5, 0.6) is 0 Å². The highest BCUT2D eigenvalue weighted by molar-refractivity contribution is 5.73. The standard InChI is InChI=1S/C16H25N3O2/c1-12-8-17-16(21-12)11-19(13(2)20)15-6-7-18(10-15)9-14-4-3-5-14/h8,14-15H,3-7,9-11H2,1-2H3/t15-/m0/s1. The van der Waals surface area contributed by atoms with Crippen molar-refractivity contribution in [1.29, 1.82) is 0 Å². The van der Waals surface area contributed by atoms with Crippen LogP contribution < -0.4 is 0 Å². The summed E-state index contributed by atoms with van der Waals surface area (Å²) < 4.78 is 5.52. The van der Waals surface area contributed by atoms with Crippen LogP contribution >= 0.6 is 0 Å². The van der Waals surface area contributed by atoms with Crippen molar-refractivity contribution in [2.75, 3.05) is 19.6 Å². The van der Waals surface area contributed by atoms with Gasteiger partial charge in [0, 0.05) is 32.6 Å². The number of nitrogens with zero attached hydrogens (tertiary/aromatic N) is 3. The second kappa shape index (κ2) is 6.18. The molecule has 0 unspecified atom stereocenters. The fraction of sp³-hybridized carbons (Fsp3) is 0.750. The summed E-state index contributed by atoms with van der Waals surface area (Å²) in [7, 11) is 0. The van der Waals surface area contributed by atoms with E-state index in [0.717, 1.165) is 31.2 Å². The van der Waals surface area contributed by atoms with E-state index in [1.54, 1.807) is 13.1 Å². The van der Waals surface area contributed by atoms with Crippen molar-refractivity contribution < 1.29 is 9.21 Å². The van der Waals surface area contributed by atoms with Crippen LogP contribution in [-0.2, 0) is 11.3 Å². The molecule has 116 valence electrons. The molecule has 0 radical (unpaired) electrons. The van der Waals surface area contributed by atoms with Crippen LogP contribution in [0.2, 0.25) is 0 Å². The van der Waals surface area contributed by atoms with Crippen LogP contribution in [0.25, 0.3) is 0 Å². The molecule has 21 heavy (non-hydrogen) atoms. The van der Waals surface area contributed by atoms with Crippen molar-refractivity contribution in [2.24, 2.45) is 5.92 Å². The molecule has 1 aromatic rings. The van der Waals surface area contributed by atoms with Gasteiger partial charge in [0.05, 0.1) is 12.7 Å². The number of hydrogen-bond acceptors (Lipinski definition) is 4. The van der Waals surface area contributed by atoms with Crippen LogP contribution in [0.15, 0.2) is 10.6 Å². The largest absolute Gasteiger partial charge is 0.444 e. The molecular formula is C16H25N3O2. The monoisotopic (exact) mass is 291 g/mol. The Labute approximate surface area is 126 Å². The van der Waals surface area contributed by atoms with Crippen molar-refractivity contribution in [2.45, 2.75) is 52.1 Å². The third-order valence-corrected chi connectivity index (χ3v) is 4.81. The van der Waals surface area contributed by atoms with Gasteiger partial charge in [0.1, 0.15) is 5.76 Å². The third-order valence-electron chi connectivity index (χ3n) is 4.81.